The number of aryl methyl sites for hydroxylation is 1. The summed E-state index contributed by atoms with van der Waals surface area (Å²) in [6.07, 6.45) is 0. The second-order valence-electron chi connectivity index (χ2n) is 4.80. The Bertz CT molecular complexity index is 801. The monoisotopic (exact) mass is 364 g/mol. The van der Waals surface area contributed by atoms with Crippen LogP contribution in [0.25, 0.3) is 0 Å². The van der Waals surface area contributed by atoms with Crippen LogP contribution in [0.3, 0.4) is 0 Å². The third-order valence-electron chi connectivity index (χ3n) is 3.21. The van der Waals surface area contributed by atoms with Crippen molar-refractivity contribution in [1.29, 1.82) is 5.26 Å². The molecule has 0 aliphatic rings. The predicted molar refractivity (Wildman–Crippen MR) is 90.6 cm³/mol. The summed E-state index contributed by atoms with van der Waals surface area (Å²) in [5.41, 5.74) is 1.29. The van der Waals surface area contributed by atoms with E-state index in [-0.39, 0.29) is 23.5 Å². The average Bonchev–Trinajstić information content (AvgIpc) is 2.54. The van der Waals surface area contributed by atoms with Crippen molar-refractivity contribution in [3.05, 3.63) is 57.5 Å². The van der Waals surface area contributed by atoms with Crippen LogP contribution in [0, 0.1) is 24.1 Å². The molecule has 2 aromatic rings. The Balaban J connectivity index is 2.30. The highest BCUT2D eigenvalue weighted by atomic mass is 35.5. The molecule has 4 nitrogen and oxygen atoms in total. The number of nitriles is 1. The molecule has 1 aromatic heterocycles. The van der Waals surface area contributed by atoms with E-state index in [2.05, 4.69) is 4.98 Å². The molecule has 0 atom stereocenters. The number of thioether (sulfide) groups is 1. The Kier molecular flexibility index (Phi) is 6.18. The zero-order chi connectivity index (χ0) is 17.7. The van der Waals surface area contributed by atoms with Crippen LogP contribution in [-0.4, -0.2) is 17.6 Å². The first-order valence-corrected chi connectivity index (χ1v) is 8.48. The first kappa shape index (κ1) is 18.2. The van der Waals surface area contributed by atoms with Gasteiger partial charge < -0.3 is 4.74 Å². The largest absolute Gasteiger partial charge is 0.462 e. The molecule has 0 aliphatic heterocycles. The smallest absolute Gasteiger partial charge is 0.340 e. The molecular formula is C17H14ClFN2O2S. The van der Waals surface area contributed by atoms with Crippen LogP contribution in [0.1, 0.15) is 34.1 Å². The second-order valence-corrected chi connectivity index (χ2v) is 6.17. The summed E-state index contributed by atoms with van der Waals surface area (Å²) >= 11 is 7.19. The molecule has 7 heteroatoms. The van der Waals surface area contributed by atoms with E-state index in [0.717, 1.165) is 0 Å². The summed E-state index contributed by atoms with van der Waals surface area (Å²) in [4.78, 5) is 16.2. The van der Waals surface area contributed by atoms with Crippen LogP contribution >= 0.6 is 23.4 Å². The molecule has 0 N–H and O–H groups in total. The Hall–Kier alpha value is -2.10. The molecule has 0 amide bonds. The van der Waals surface area contributed by atoms with E-state index in [0.29, 0.717) is 21.3 Å². The van der Waals surface area contributed by atoms with Gasteiger partial charge >= 0.3 is 5.97 Å². The molecule has 24 heavy (non-hydrogen) atoms. The van der Waals surface area contributed by atoms with Crippen molar-refractivity contribution in [2.24, 2.45) is 0 Å². The number of hydrogen-bond acceptors (Lipinski definition) is 5. The Morgan fingerprint density at radius 2 is 2.25 bits per heavy atom. The molecule has 124 valence electrons. The summed E-state index contributed by atoms with van der Waals surface area (Å²) in [5.74, 6) is -0.702. The lowest BCUT2D eigenvalue weighted by Gasteiger charge is -2.10. The lowest BCUT2D eigenvalue weighted by Crippen LogP contribution is -2.09. The van der Waals surface area contributed by atoms with Gasteiger partial charge in [-0.2, -0.15) is 5.26 Å². The minimum absolute atomic E-state index is 0.228. The van der Waals surface area contributed by atoms with Crippen molar-refractivity contribution in [3.8, 4) is 6.07 Å². The van der Waals surface area contributed by atoms with Crippen LogP contribution < -0.4 is 0 Å². The lowest BCUT2D eigenvalue weighted by molar-refractivity contribution is 0.0524. The molecule has 0 bridgehead atoms. The minimum Gasteiger partial charge on any atom is -0.462 e. The number of nitrogens with zero attached hydrogens (tertiary/aromatic N) is 2. The summed E-state index contributed by atoms with van der Waals surface area (Å²) < 4.78 is 18.8. The van der Waals surface area contributed by atoms with Crippen LogP contribution in [0.2, 0.25) is 5.02 Å². The average molecular weight is 365 g/mol. The number of esters is 1. The van der Waals surface area contributed by atoms with Crippen molar-refractivity contribution < 1.29 is 13.9 Å². The van der Waals surface area contributed by atoms with Crippen molar-refractivity contribution in [2.45, 2.75) is 24.6 Å². The van der Waals surface area contributed by atoms with Gasteiger partial charge in [0.05, 0.1) is 23.4 Å². The number of aromatic nitrogens is 1. The van der Waals surface area contributed by atoms with Crippen LogP contribution in [-0.2, 0) is 10.5 Å². The molecule has 0 aliphatic carbocycles. The maximum absolute atomic E-state index is 13.8. The lowest BCUT2D eigenvalue weighted by atomic mass is 10.1. The van der Waals surface area contributed by atoms with E-state index < -0.39 is 11.8 Å². The Morgan fingerprint density at radius 3 is 2.88 bits per heavy atom. The van der Waals surface area contributed by atoms with Crippen molar-refractivity contribution in [2.75, 3.05) is 6.61 Å². The quantitative estimate of drug-likeness (QED) is 0.576. The van der Waals surface area contributed by atoms with Crippen molar-refractivity contribution in [1.82, 2.24) is 4.98 Å². The van der Waals surface area contributed by atoms with E-state index in [1.165, 1.54) is 30.0 Å². The Morgan fingerprint density at radius 1 is 1.50 bits per heavy atom. The molecule has 0 radical (unpaired) electrons. The molecular weight excluding hydrogens is 351 g/mol. The summed E-state index contributed by atoms with van der Waals surface area (Å²) in [6.45, 7) is 3.60. The summed E-state index contributed by atoms with van der Waals surface area (Å²) in [7, 11) is 0. The van der Waals surface area contributed by atoms with Gasteiger partial charge in [0.15, 0.2) is 0 Å². The number of rotatable bonds is 5. The molecule has 0 saturated heterocycles. The zero-order valence-electron chi connectivity index (χ0n) is 13.1. The number of halogens is 2. The fourth-order valence-electron chi connectivity index (χ4n) is 2.00. The van der Waals surface area contributed by atoms with Gasteiger partial charge in [0.2, 0.25) is 0 Å². The van der Waals surface area contributed by atoms with E-state index >= 15 is 0 Å². The number of ether oxygens (including phenoxy) is 1. The van der Waals surface area contributed by atoms with Gasteiger partial charge in [0.1, 0.15) is 16.9 Å². The van der Waals surface area contributed by atoms with E-state index in [1.807, 2.05) is 6.07 Å². The molecule has 0 saturated carbocycles. The third kappa shape index (κ3) is 4.05. The fourth-order valence-corrected chi connectivity index (χ4v) is 3.34. The highest BCUT2D eigenvalue weighted by molar-refractivity contribution is 7.98. The number of pyridine rings is 1. The number of carbonyl (C=O) groups excluding carboxylic acids is 1. The molecule has 0 fully saturated rings. The number of benzene rings is 1. The van der Waals surface area contributed by atoms with Gasteiger partial charge in [0, 0.05) is 16.3 Å². The van der Waals surface area contributed by atoms with E-state index in [1.54, 1.807) is 19.9 Å². The first-order valence-electron chi connectivity index (χ1n) is 7.12. The zero-order valence-corrected chi connectivity index (χ0v) is 14.7. The SMILES string of the molecule is CCOC(=O)c1cc(C#N)c(SCc2c(F)cccc2Cl)nc1C. The number of carbonyl (C=O) groups is 1. The molecule has 0 unspecified atom stereocenters. The van der Waals surface area contributed by atoms with Crippen LogP contribution in [0.15, 0.2) is 29.3 Å². The maximum atomic E-state index is 13.8. The highest BCUT2D eigenvalue weighted by Gasteiger charge is 2.17. The topological polar surface area (TPSA) is 63.0 Å². The summed E-state index contributed by atoms with van der Waals surface area (Å²) in [5, 5.41) is 10.0. The van der Waals surface area contributed by atoms with Gasteiger partial charge in [-0.1, -0.05) is 17.7 Å². The van der Waals surface area contributed by atoms with Crippen LogP contribution in [0.4, 0.5) is 4.39 Å². The first-order chi connectivity index (χ1) is 11.5. The fraction of sp³-hybridized carbons (Fsp3) is 0.235. The standard InChI is InChI=1S/C17H14ClFN2O2S/c1-3-23-17(22)12-7-11(8-20)16(21-10(12)2)24-9-13-14(18)5-4-6-15(13)19/h4-7H,3,9H2,1-2H3. The van der Waals surface area contributed by atoms with Gasteiger partial charge in [-0.05, 0) is 32.0 Å². The Labute approximate surface area is 148 Å². The van der Waals surface area contributed by atoms with Crippen LogP contribution in [0.5, 0.6) is 0 Å². The minimum atomic E-state index is -0.521. The molecule has 1 heterocycles. The normalized spacial score (nSPS) is 10.3. The second kappa shape index (κ2) is 8.13. The molecule has 2 rings (SSSR count). The summed E-state index contributed by atoms with van der Waals surface area (Å²) in [6, 6.07) is 7.92. The van der Waals surface area contributed by atoms with E-state index in [9.17, 15) is 14.4 Å². The molecule has 1 aromatic carbocycles. The highest BCUT2D eigenvalue weighted by Crippen LogP contribution is 2.30. The predicted octanol–water partition coefficient (Wildman–Crippen LogP) is 4.52. The van der Waals surface area contributed by atoms with Crippen molar-refractivity contribution in [3.63, 3.8) is 0 Å². The van der Waals surface area contributed by atoms with Gasteiger partial charge in [-0.15, -0.1) is 11.8 Å². The maximum Gasteiger partial charge on any atom is 0.340 e. The van der Waals surface area contributed by atoms with Gasteiger partial charge in [-0.3, -0.25) is 0 Å². The van der Waals surface area contributed by atoms with Gasteiger partial charge in [-0.25, -0.2) is 14.2 Å². The number of hydrogen-bond donors (Lipinski definition) is 0. The van der Waals surface area contributed by atoms with E-state index in [4.69, 9.17) is 16.3 Å². The van der Waals surface area contributed by atoms with Gasteiger partial charge in [0.25, 0.3) is 0 Å². The molecule has 0 spiro atoms. The third-order valence-corrected chi connectivity index (χ3v) is 4.58. The van der Waals surface area contributed by atoms with Crippen molar-refractivity contribution >= 4 is 29.3 Å².